The second kappa shape index (κ2) is 8.38. The van der Waals surface area contributed by atoms with Crippen LogP contribution in [0, 0.1) is 19.7 Å². The molecule has 0 bridgehead atoms. The highest BCUT2D eigenvalue weighted by atomic mass is 19.1. The molecule has 4 rings (SSSR count). The van der Waals surface area contributed by atoms with Gasteiger partial charge in [0.25, 0.3) is 5.91 Å². The number of hydrogen-bond acceptors (Lipinski definition) is 3. The number of nitrogens with zero attached hydrogens (tertiary/aromatic N) is 4. The van der Waals surface area contributed by atoms with Gasteiger partial charge in [0.2, 0.25) is 0 Å². The van der Waals surface area contributed by atoms with Crippen LogP contribution >= 0.6 is 0 Å². The molecule has 3 aromatic rings. The zero-order valence-corrected chi connectivity index (χ0v) is 17.7. The Kier molecular flexibility index (Phi) is 5.66. The van der Waals surface area contributed by atoms with Gasteiger partial charge in [0.15, 0.2) is 0 Å². The highest BCUT2D eigenvalue weighted by Crippen LogP contribution is 2.28. The molecule has 3 heterocycles. The average Bonchev–Trinajstić information content (AvgIpc) is 3.05. The molecule has 1 fully saturated rings. The first-order valence-electron chi connectivity index (χ1n) is 10.4. The number of hydrogen-bond donors (Lipinski definition) is 0. The first kappa shape index (κ1) is 20.3. The minimum atomic E-state index is -0.217. The number of aryl methyl sites for hydroxylation is 3. The summed E-state index contributed by atoms with van der Waals surface area (Å²) in [6.07, 6.45) is 4.41. The molecular formula is C24H27FN4O. The van der Waals surface area contributed by atoms with Gasteiger partial charge in [-0.25, -0.2) is 4.39 Å². The lowest BCUT2D eigenvalue weighted by Crippen LogP contribution is -2.39. The van der Waals surface area contributed by atoms with Crippen molar-refractivity contribution in [3.05, 3.63) is 82.2 Å². The van der Waals surface area contributed by atoms with Gasteiger partial charge < -0.3 is 4.90 Å². The molecular weight excluding hydrogens is 379 g/mol. The number of pyridine rings is 1. The fraction of sp³-hybridized carbons (Fsp3) is 0.375. The Hall–Kier alpha value is -3.02. The lowest BCUT2D eigenvalue weighted by molar-refractivity contribution is 0.0705. The second-order valence-corrected chi connectivity index (χ2v) is 8.24. The van der Waals surface area contributed by atoms with Crippen molar-refractivity contribution in [2.24, 2.45) is 7.05 Å². The van der Waals surface area contributed by atoms with E-state index in [1.807, 2.05) is 31.9 Å². The summed E-state index contributed by atoms with van der Waals surface area (Å²) in [5.41, 5.74) is 5.46. The van der Waals surface area contributed by atoms with E-state index in [4.69, 9.17) is 4.98 Å². The Balaban J connectivity index is 1.54. The molecule has 5 nitrogen and oxygen atoms in total. The summed E-state index contributed by atoms with van der Waals surface area (Å²) >= 11 is 0. The monoisotopic (exact) mass is 406 g/mol. The lowest BCUT2D eigenvalue weighted by Gasteiger charge is -2.32. The van der Waals surface area contributed by atoms with Crippen molar-refractivity contribution < 1.29 is 9.18 Å². The summed E-state index contributed by atoms with van der Waals surface area (Å²) in [4.78, 5) is 19.7. The van der Waals surface area contributed by atoms with E-state index in [0.717, 1.165) is 47.6 Å². The van der Waals surface area contributed by atoms with Crippen LogP contribution in [0.25, 0.3) is 0 Å². The van der Waals surface area contributed by atoms with Gasteiger partial charge in [-0.05, 0) is 68.5 Å². The minimum absolute atomic E-state index is 0.0398. The summed E-state index contributed by atoms with van der Waals surface area (Å²) in [6, 6.07) is 10.9. The maximum atomic E-state index is 13.6. The molecule has 0 aliphatic carbocycles. The summed E-state index contributed by atoms with van der Waals surface area (Å²) in [7, 11) is 1.83. The summed E-state index contributed by atoms with van der Waals surface area (Å²) in [6.45, 7) is 5.27. The van der Waals surface area contributed by atoms with Crippen LogP contribution in [0.2, 0.25) is 0 Å². The summed E-state index contributed by atoms with van der Waals surface area (Å²) in [5.74, 6) is 0.0226. The minimum Gasteiger partial charge on any atom is -0.338 e. The van der Waals surface area contributed by atoms with Gasteiger partial charge in [-0.15, -0.1) is 0 Å². The predicted octanol–water partition coefficient (Wildman–Crippen LogP) is 4.18. The van der Waals surface area contributed by atoms with Crippen LogP contribution < -0.4 is 0 Å². The maximum Gasteiger partial charge on any atom is 0.257 e. The maximum absolute atomic E-state index is 13.6. The molecule has 0 N–H and O–H groups in total. The summed E-state index contributed by atoms with van der Waals surface area (Å²) in [5, 5.41) is 4.30. The Labute approximate surface area is 176 Å². The zero-order chi connectivity index (χ0) is 21.3. The molecule has 1 unspecified atom stereocenters. The van der Waals surface area contributed by atoms with Crippen LogP contribution in [0.3, 0.4) is 0 Å². The van der Waals surface area contributed by atoms with Gasteiger partial charge in [0.05, 0.1) is 11.3 Å². The van der Waals surface area contributed by atoms with Gasteiger partial charge >= 0.3 is 0 Å². The van der Waals surface area contributed by atoms with Gasteiger partial charge in [0, 0.05) is 43.6 Å². The Bertz CT molecular complexity index is 1070. The zero-order valence-electron chi connectivity index (χ0n) is 17.7. The van der Waals surface area contributed by atoms with E-state index in [1.54, 1.807) is 23.0 Å². The number of amides is 1. The number of carbonyl (C=O) groups excluding carboxylic acids is 1. The number of rotatable bonds is 4. The molecule has 1 aliphatic heterocycles. The Morgan fingerprint density at radius 2 is 2.03 bits per heavy atom. The number of aromatic nitrogens is 3. The lowest BCUT2D eigenvalue weighted by atomic mass is 9.92. The van der Waals surface area contributed by atoms with Crippen molar-refractivity contribution in [3.8, 4) is 0 Å². The van der Waals surface area contributed by atoms with Crippen molar-refractivity contribution in [3.63, 3.8) is 0 Å². The molecule has 1 saturated heterocycles. The van der Waals surface area contributed by atoms with Crippen LogP contribution in [-0.2, 0) is 13.5 Å². The van der Waals surface area contributed by atoms with Crippen molar-refractivity contribution in [1.82, 2.24) is 19.7 Å². The number of halogens is 1. The predicted molar refractivity (Wildman–Crippen MR) is 114 cm³/mol. The fourth-order valence-corrected chi connectivity index (χ4v) is 4.34. The first-order chi connectivity index (χ1) is 14.4. The van der Waals surface area contributed by atoms with Crippen molar-refractivity contribution in [2.75, 3.05) is 13.1 Å². The van der Waals surface area contributed by atoms with E-state index in [2.05, 4.69) is 17.2 Å². The molecule has 156 valence electrons. The van der Waals surface area contributed by atoms with E-state index < -0.39 is 0 Å². The van der Waals surface area contributed by atoms with Gasteiger partial charge in [-0.1, -0.05) is 12.1 Å². The number of piperidine rings is 1. The number of likely N-dealkylation sites (tertiary alicyclic amines) is 1. The molecule has 1 atom stereocenters. The topological polar surface area (TPSA) is 51.0 Å². The molecule has 0 radical (unpaired) electrons. The highest BCUT2D eigenvalue weighted by Gasteiger charge is 2.28. The third-order valence-corrected chi connectivity index (χ3v) is 5.70. The normalized spacial score (nSPS) is 16.7. The smallest absolute Gasteiger partial charge is 0.257 e. The Morgan fingerprint density at radius 3 is 2.77 bits per heavy atom. The molecule has 0 spiro atoms. The molecule has 30 heavy (non-hydrogen) atoms. The van der Waals surface area contributed by atoms with Gasteiger partial charge in [-0.2, -0.15) is 5.10 Å². The van der Waals surface area contributed by atoms with Crippen LogP contribution in [0.4, 0.5) is 4.39 Å². The molecule has 1 aliphatic rings. The summed E-state index contributed by atoms with van der Waals surface area (Å²) < 4.78 is 15.2. The second-order valence-electron chi connectivity index (χ2n) is 8.24. The standard InChI is InChI=1S/C24H27FN4O/c1-16-10-19(11-18-6-4-8-21(25)12-18)13-23(26-16)20-7-5-9-29(14-20)24(30)22-15-28(3)27-17(22)2/h4,6,8,10,12-13,15,20H,5,7,9,11,14H2,1-3H3. The van der Waals surface area contributed by atoms with Crippen molar-refractivity contribution in [1.29, 1.82) is 0 Å². The highest BCUT2D eigenvalue weighted by molar-refractivity contribution is 5.95. The van der Waals surface area contributed by atoms with E-state index in [9.17, 15) is 9.18 Å². The van der Waals surface area contributed by atoms with E-state index in [1.165, 1.54) is 6.07 Å². The molecule has 0 saturated carbocycles. The van der Waals surface area contributed by atoms with Crippen LogP contribution in [0.15, 0.2) is 42.6 Å². The largest absolute Gasteiger partial charge is 0.338 e. The van der Waals surface area contributed by atoms with Gasteiger partial charge in [0.1, 0.15) is 5.82 Å². The van der Waals surface area contributed by atoms with Gasteiger partial charge in [-0.3, -0.25) is 14.5 Å². The first-order valence-corrected chi connectivity index (χ1v) is 10.4. The van der Waals surface area contributed by atoms with E-state index >= 15 is 0 Å². The number of benzene rings is 1. The van der Waals surface area contributed by atoms with E-state index in [-0.39, 0.29) is 17.6 Å². The van der Waals surface area contributed by atoms with Crippen molar-refractivity contribution in [2.45, 2.75) is 39.0 Å². The third kappa shape index (κ3) is 4.42. The Morgan fingerprint density at radius 1 is 1.20 bits per heavy atom. The molecule has 1 aromatic carbocycles. The van der Waals surface area contributed by atoms with Crippen LogP contribution in [0.5, 0.6) is 0 Å². The SMILES string of the molecule is Cc1cc(Cc2cccc(F)c2)cc(C2CCCN(C(=O)c3cn(C)nc3C)C2)n1. The van der Waals surface area contributed by atoms with Crippen LogP contribution in [-0.4, -0.2) is 38.7 Å². The average molecular weight is 407 g/mol. The fourth-order valence-electron chi connectivity index (χ4n) is 4.34. The quantitative estimate of drug-likeness (QED) is 0.653. The van der Waals surface area contributed by atoms with E-state index in [0.29, 0.717) is 18.5 Å². The molecule has 2 aromatic heterocycles. The van der Waals surface area contributed by atoms with Crippen LogP contribution in [0.1, 0.15) is 57.3 Å². The molecule has 1 amide bonds. The van der Waals surface area contributed by atoms with Crippen molar-refractivity contribution >= 4 is 5.91 Å². The number of carbonyl (C=O) groups is 1. The molecule has 6 heteroatoms. The third-order valence-electron chi connectivity index (χ3n) is 5.70.